The third kappa shape index (κ3) is 2.99. The molecule has 0 spiro atoms. The number of nitrogens with zero attached hydrogens (tertiary/aromatic N) is 2. The van der Waals surface area contributed by atoms with Crippen molar-refractivity contribution in [3.8, 4) is 0 Å². The number of carbonyl (C=O) groups is 1. The first-order valence-corrected chi connectivity index (χ1v) is 6.42. The third-order valence-electron chi connectivity index (χ3n) is 3.67. The van der Waals surface area contributed by atoms with Crippen LogP contribution in [0.4, 0.5) is 14.5 Å². The van der Waals surface area contributed by atoms with Crippen LogP contribution in [0.2, 0.25) is 0 Å². The van der Waals surface area contributed by atoms with E-state index < -0.39 is 39.8 Å². The molecule has 21 heavy (non-hydrogen) atoms. The first-order valence-electron chi connectivity index (χ1n) is 6.42. The molecule has 1 aliphatic heterocycles. The van der Waals surface area contributed by atoms with Gasteiger partial charge in [-0.05, 0) is 18.4 Å². The van der Waals surface area contributed by atoms with E-state index in [2.05, 4.69) is 0 Å². The molecule has 1 saturated heterocycles. The van der Waals surface area contributed by atoms with Gasteiger partial charge in [0.05, 0.1) is 22.7 Å². The molecule has 2 rings (SSSR count). The molecular weight excluding hydrogens is 286 g/mol. The van der Waals surface area contributed by atoms with Gasteiger partial charge < -0.3 is 10.0 Å². The lowest BCUT2D eigenvalue weighted by molar-refractivity contribution is -0.387. The molecule has 114 valence electrons. The molecule has 1 fully saturated rings. The second-order valence-electron chi connectivity index (χ2n) is 5.13. The molecule has 1 heterocycles. The van der Waals surface area contributed by atoms with Crippen LogP contribution in [-0.2, 0) is 0 Å². The molecule has 1 N–H and O–H groups in total. The van der Waals surface area contributed by atoms with Crippen molar-refractivity contribution in [3.63, 3.8) is 0 Å². The van der Waals surface area contributed by atoms with Gasteiger partial charge in [-0.2, -0.15) is 4.39 Å². The number of amides is 1. The first-order chi connectivity index (χ1) is 9.81. The van der Waals surface area contributed by atoms with E-state index in [9.17, 15) is 28.8 Å². The van der Waals surface area contributed by atoms with E-state index in [-0.39, 0.29) is 12.5 Å². The lowest BCUT2D eigenvalue weighted by atomic mass is 9.95. The van der Waals surface area contributed by atoms with Crippen LogP contribution in [0.3, 0.4) is 0 Å². The van der Waals surface area contributed by atoms with Crippen LogP contribution in [0, 0.1) is 27.7 Å². The third-order valence-corrected chi connectivity index (χ3v) is 3.67. The van der Waals surface area contributed by atoms with Crippen molar-refractivity contribution >= 4 is 11.6 Å². The van der Waals surface area contributed by atoms with Crippen LogP contribution < -0.4 is 0 Å². The number of piperidine rings is 1. The van der Waals surface area contributed by atoms with E-state index in [0.717, 1.165) is 0 Å². The van der Waals surface area contributed by atoms with Crippen molar-refractivity contribution in [3.05, 3.63) is 39.4 Å². The molecular formula is C13H14F2N2O4. The van der Waals surface area contributed by atoms with Crippen molar-refractivity contribution in [2.45, 2.75) is 19.4 Å². The summed E-state index contributed by atoms with van der Waals surface area (Å²) >= 11 is 0. The van der Waals surface area contributed by atoms with Gasteiger partial charge in [0, 0.05) is 13.1 Å². The molecule has 1 amide bonds. The Labute approximate surface area is 119 Å². The van der Waals surface area contributed by atoms with Gasteiger partial charge in [-0.25, -0.2) is 4.39 Å². The fraction of sp³-hybridized carbons (Fsp3) is 0.462. The molecule has 1 aromatic carbocycles. The Kier molecular flexibility index (Phi) is 4.17. The minimum Gasteiger partial charge on any atom is -0.391 e. The number of β-amino-alcohol motifs (C(OH)–C–C–N with tert-alkyl or cyclic N) is 1. The van der Waals surface area contributed by atoms with Crippen LogP contribution in [-0.4, -0.2) is 40.0 Å². The lowest BCUT2D eigenvalue weighted by Crippen LogP contribution is -2.46. The Morgan fingerprint density at radius 1 is 1.43 bits per heavy atom. The number of nitro benzene ring substituents is 1. The van der Waals surface area contributed by atoms with Gasteiger partial charge in [0.25, 0.3) is 5.91 Å². The smallest absolute Gasteiger partial charge is 0.307 e. The van der Waals surface area contributed by atoms with Crippen molar-refractivity contribution in [2.75, 3.05) is 13.1 Å². The van der Waals surface area contributed by atoms with E-state index in [1.165, 1.54) is 4.90 Å². The van der Waals surface area contributed by atoms with Crippen molar-refractivity contribution in [1.82, 2.24) is 4.90 Å². The number of aliphatic hydroxyl groups excluding tert-OH is 1. The van der Waals surface area contributed by atoms with Crippen LogP contribution in [0.15, 0.2) is 12.1 Å². The number of rotatable bonds is 2. The number of nitro groups is 1. The zero-order valence-electron chi connectivity index (χ0n) is 11.3. The van der Waals surface area contributed by atoms with Crippen molar-refractivity contribution < 1.29 is 23.6 Å². The monoisotopic (exact) mass is 300 g/mol. The van der Waals surface area contributed by atoms with E-state index in [1.54, 1.807) is 0 Å². The van der Waals surface area contributed by atoms with Gasteiger partial charge in [-0.3, -0.25) is 14.9 Å². The molecule has 6 nitrogen and oxygen atoms in total. The molecule has 0 radical (unpaired) electrons. The molecule has 0 bridgehead atoms. The quantitative estimate of drug-likeness (QED) is 0.666. The summed E-state index contributed by atoms with van der Waals surface area (Å²) in [5.74, 6) is -3.18. The maximum atomic E-state index is 13.8. The van der Waals surface area contributed by atoms with Gasteiger partial charge in [0.1, 0.15) is 5.82 Å². The predicted octanol–water partition coefficient (Wildman–Crippen LogP) is 1.72. The van der Waals surface area contributed by atoms with E-state index in [1.807, 2.05) is 6.92 Å². The molecule has 2 atom stereocenters. The number of halogens is 2. The number of carbonyl (C=O) groups excluding carboxylic acids is 1. The first kappa shape index (κ1) is 15.3. The van der Waals surface area contributed by atoms with Gasteiger partial charge in [-0.15, -0.1) is 0 Å². The van der Waals surface area contributed by atoms with Crippen LogP contribution in [0.1, 0.15) is 23.7 Å². The normalized spacial score (nSPS) is 22.2. The molecule has 1 aliphatic rings. The van der Waals surface area contributed by atoms with E-state index in [0.29, 0.717) is 25.1 Å². The zero-order valence-corrected chi connectivity index (χ0v) is 11.3. The van der Waals surface area contributed by atoms with Crippen LogP contribution in [0.5, 0.6) is 0 Å². The summed E-state index contributed by atoms with van der Waals surface area (Å²) in [6, 6.07) is 0.922. The van der Waals surface area contributed by atoms with Gasteiger partial charge in [0.15, 0.2) is 0 Å². The summed E-state index contributed by atoms with van der Waals surface area (Å²) in [6.07, 6.45) is -0.182. The molecule has 1 aromatic rings. The highest BCUT2D eigenvalue weighted by atomic mass is 19.1. The van der Waals surface area contributed by atoms with E-state index >= 15 is 0 Å². The Morgan fingerprint density at radius 3 is 2.67 bits per heavy atom. The summed E-state index contributed by atoms with van der Waals surface area (Å²) in [4.78, 5) is 22.8. The number of aliphatic hydroxyl groups is 1. The van der Waals surface area contributed by atoms with Crippen molar-refractivity contribution in [2.24, 2.45) is 5.92 Å². The number of hydrogen-bond donors (Lipinski definition) is 1. The Bertz CT molecular complexity index is 594. The highest BCUT2D eigenvalue weighted by Crippen LogP contribution is 2.24. The fourth-order valence-corrected chi connectivity index (χ4v) is 2.24. The summed E-state index contributed by atoms with van der Waals surface area (Å²) in [7, 11) is 0. The van der Waals surface area contributed by atoms with Gasteiger partial charge in [-0.1, -0.05) is 6.92 Å². The average Bonchev–Trinajstić information content (AvgIpc) is 2.43. The van der Waals surface area contributed by atoms with E-state index in [4.69, 9.17) is 0 Å². The highest BCUT2D eigenvalue weighted by Gasteiger charge is 2.30. The minimum absolute atomic E-state index is 0.0208. The number of likely N-dealkylation sites (tertiary alicyclic amines) is 1. The summed E-state index contributed by atoms with van der Waals surface area (Å²) in [5, 5.41) is 20.2. The number of benzene rings is 1. The second-order valence-corrected chi connectivity index (χ2v) is 5.13. The SMILES string of the molecule is CC1CCN(C(=O)c2cc(F)c([N+](=O)[O-])cc2F)CC1O. The second kappa shape index (κ2) is 5.72. The minimum atomic E-state index is -1.27. The van der Waals surface area contributed by atoms with Gasteiger partial charge in [0.2, 0.25) is 5.82 Å². The van der Waals surface area contributed by atoms with Gasteiger partial charge >= 0.3 is 5.69 Å². The maximum absolute atomic E-state index is 13.8. The Morgan fingerprint density at radius 2 is 2.10 bits per heavy atom. The standard InChI is InChI=1S/C13H14F2N2O4/c1-7-2-3-16(6-12(7)18)13(19)8-4-10(15)11(17(20)21)5-9(8)14/h4-5,7,12,18H,2-3,6H2,1H3. The largest absolute Gasteiger partial charge is 0.391 e. The summed E-state index contributed by atoms with van der Waals surface area (Å²) in [6.45, 7) is 2.17. The lowest BCUT2D eigenvalue weighted by Gasteiger charge is -2.34. The average molecular weight is 300 g/mol. The topological polar surface area (TPSA) is 83.7 Å². The zero-order chi connectivity index (χ0) is 15.7. The van der Waals surface area contributed by atoms with Crippen molar-refractivity contribution in [1.29, 1.82) is 0 Å². The summed E-state index contributed by atoms with van der Waals surface area (Å²) < 4.78 is 27.3. The maximum Gasteiger partial charge on any atom is 0.307 e. The van der Waals surface area contributed by atoms with Crippen LogP contribution >= 0.6 is 0 Å². The fourth-order valence-electron chi connectivity index (χ4n) is 2.24. The molecule has 0 aliphatic carbocycles. The highest BCUT2D eigenvalue weighted by molar-refractivity contribution is 5.94. The van der Waals surface area contributed by atoms with Crippen LogP contribution in [0.25, 0.3) is 0 Å². The molecule has 0 saturated carbocycles. The number of hydrogen-bond acceptors (Lipinski definition) is 4. The summed E-state index contributed by atoms with van der Waals surface area (Å²) in [5.41, 5.74) is -1.59. The predicted molar refractivity (Wildman–Crippen MR) is 68.7 cm³/mol. The molecule has 0 aromatic heterocycles. The molecule has 8 heteroatoms. The Hall–Kier alpha value is -2.09. The molecule has 2 unspecified atom stereocenters. The Balaban J connectivity index is 2.28.